The first kappa shape index (κ1) is 11.7. The molecule has 3 nitrogen and oxygen atoms in total. The second-order valence-electron chi connectivity index (χ2n) is 3.95. The van der Waals surface area contributed by atoms with Crippen molar-refractivity contribution < 1.29 is 13.9 Å². The molecule has 1 aromatic carbocycles. The van der Waals surface area contributed by atoms with E-state index in [0.29, 0.717) is 13.0 Å². The number of esters is 1. The standard InChI is InChI=1S/C14H16O3/c1-2-16-14(15)5-3-4-11-6-7-12-8-9-17-13(12)10-11/h6-10H,2-5H2,1H3. The first-order chi connectivity index (χ1) is 8.29. The highest BCUT2D eigenvalue weighted by Crippen LogP contribution is 2.18. The van der Waals surface area contributed by atoms with E-state index in [1.54, 1.807) is 6.26 Å². The fraction of sp³-hybridized carbons (Fsp3) is 0.357. The van der Waals surface area contributed by atoms with Crippen molar-refractivity contribution in [3.8, 4) is 0 Å². The van der Waals surface area contributed by atoms with E-state index in [2.05, 4.69) is 6.07 Å². The first-order valence-corrected chi connectivity index (χ1v) is 5.91. The van der Waals surface area contributed by atoms with Crippen LogP contribution in [0.3, 0.4) is 0 Å². The lowest BCUT2D eigenvalue weighted by Crippen LogP contribution is -2.03. The summed E-state index contributed by atoms with van der Waals surface area (Å²) in [7, 11) is 0. The minimum atomic E-state index is -0.119. The van der Waals surface area contributed by atoms with E-state index < -0.39 is 0 Å². The molecule has 0 aliphatic rings. The van der Waals surface area contributed by atoms with Crippen LogP contribution in [0.25, 0.3) is 11.0 Å². The number of furan rings is 1. The van der Waals surface area contributed by atoms with Gasteiger partial charge in [0.25, 0.3) is 0 Å². The molecule has 3 heteroatoms. The van der Waals surface area contributed by atoms with Gasteiger partial charge in [-0.25, -0.2) is 0 Å². The fourth-order valence-electron chi connectivity index (χ4n) is 1.82. The predicted molar refractivity (Wildman–Crippen MR) is 65.8 cm³/mol. The van der Waals surface area contributed by atoms with Crippen molar-refractivity contribution in [1.82, 2.24) is 0 Å². The van der Waals surface area contributed by atoms with Crippen molar-refractivity contribution in [1.29, 1.82) is 0 Å². The van der Waals surface area contributed by atoms with Crippen LogP contribution in [0.4, 0.5) is 0 Å². The van der Waals surface area contributed by atoms with Gasteiger partial charge in [0.15, 0.2) is 0 Å². The first-order valence-electron chi connectivity index (χ1n) is 5.91. The van der Waals surface area contributed by atoms with Gasteiger partial charge in [0.1, 0.15) is 5.58 Å². The van der Waals surface area contributed by atoms with E-state index in [4.69, 9.17) is 9.15 Å². The van der Waals surface area contributed by atoms with Gasteiger partial charge < -0.3 is 9.15 Å². The zero-order valence-corrected chi connectivity index (χ0v) is 9.94. The number of carbonyl (C=O) groups is 1. The smallest absolute Gasteiger partial charge is 0.305 e. The van der Waals surface area contributed by atoms with Gasteiger partial charge >= 0.3 is 5.97 Å². The summed E-state index contributed by atoms with van der Waals surface area (Å²) in [6.45, 7) is 2.28. The number of ether oxygens (including phenoxy) is 1. The van der Waals surface area contributed by atoms with E-state index in [1.807, 2.05) is 25.1 Å². The zero-order valence-electron chi connectivity index (χ0n) is 9.94. The third kappa shape index (κ3) is 3.09. The molecule has 0 saturated carbocycles. The topological polar surface area (TPSA) is 39.4 Å². The Balaban J connectivity index is 1.88. The molecule has 1 aromatic heterocycles. The van der Waals surface area contributed by atoms with Gasteiger partial charge in [0, 0.05) is 11.8 Å². The molecular formula is C14H16O3. The highest BCUT2D eigenvalue weighted by molar-refractivity contribution is 5.77. The van der Waals surface area contributed by atoms with Crippen LogP contribution < -0.4 is 0 Å². The molecule has 0 bridgehead atoms. The Kier molecular flexibility index (Phi) is 3.81. The van der Waals surface area contributed by atoms with Gasteiger partial charge in [-0.15, -0.1) is 0 Å². The Morgan fingerprint density at radius 1 is 1.35 bits per heavy atom. The number of rotatable bonds is 5. The average Bonchev–Trinajstić information content (AvgIpc) is 2.76. The maximum absolute atomic E-state index is 11.2. The number of carbonyl (C=O) groups excluding carboxylic acids is 1. The lowest BCUT2D eigenvalue weighted by Gasteiger charge is -2.02. The SMILES string of the molecule is CCOC(=O)CCCc1ccc2ccoc2c1. The van der Waals surface area contributed by atoms with Crippen LogP contribution in [0.5, 0.6) is 0 Å². The summed E-state index contributed by atoms with van der Waals surface area (Å²) in [5.41, 5.74) is 2.09. The van der Waals surface area contributed by atoms with Crippen LogP contribution in [0.15, 0.2) is 34.9 Å². The number of hydrogen-bond donors (Lipinski definition) is 0. The fourth-order valence-corrected chi connectivity index (χ4v) is 1.82. The van der Waals surface area contributed by atoms with E-state index >= 15 is 0 Å². The Morgan fingerprint density at radius 3 is 3.06 bits per heavy atom. The molecule has 90 valence electrons. The van der Waals surface area contributed by atoms with E-state index in [9.17, 15) is 4.79 Å². The second kappa shape index (κ2) is 5.53. The van der Waals surface area contributed by atoms with Gasteiger partial charge in [-0.3, -0.25) is 4.79 Å². The number of hydrogen-bond acceptors (Lipinski definition) is 3. The maximum atomic E-state index is 11.2. The van der Waals surface area contributed by atoms with E-state index in [1.165, 1.54) is 5.56 Å². The number of benzene rings is 1. The predicted octanol–water partition coefficient (Wildman–Crippen LogP) is 3.32. The lowest BCUT2D eigenvalue weighted by atomic mass is 10.1. The van der Waals surface area contributed by atoms with Crippen LogP contribution in [0.2, 0.25) is 0 Å². The van der Waals surface area contributed by atoms with Gasteiger partial charge in [-0.2, -0.15) is 0 Å². The molecule has 2 aromatic rings. The van der Waals surface area contributed by atoms with Gasteiger partial charge in [0.2, 0.25) is 0 Å². The van der Waals surface area contributed by atoms with Gasteiger partial charge in [0.05, 0.1) is 12.9 Å². The summed E-state index contributed by atoms with van der Waals surface area (Å²) < 4.78 is 10.2. The summed E-state index contributed by atoms with van der Waals surface area (Å²) in [6.07, 6.45) is 3.84. The third-order valence-corrected chi connectivity index (χ3v) is 2.67. The summed E-state index contributed by atoms with van der Waals surface area (Å²) in [5, 5.41) is 1.11. The Morgan fingerprint density at radius 2 is 2.24 bits per heavy atom. The molecule has 0 saturated heterocycles. The van der Waals surface area contributed by atoms with Crippen LogP contribution >= 0.6 is 0 Å². The van der Waals surface area contributed by atoms with Crippen molar-refractivity contribution in [2.45, 2.75) is 26.2 Å². The van der Waals surface area contributed by atoms with Crippen molar-refractivity contribution in [3.05, 3.63) is 36.1 Å². The zero-order chi connectivity index (χ0) is 12.1. The molecule has 0 amide bonds. The van der Waals surface area contributed by atoms with Crippen LogP contribution in [-0.4, -0.2) is 12.6 Å². The molecule has 17 heavy (non-hydrogen) atoms. The Bertz CT molecular complexity index is 499. The molecule has 0 N–H and O–H groups in total. The normalized spacial score (nSPS) is 10.6. The summed E-state index contributed by atoms with van der Waals surface area (Å²) in [5.74, 6) is -0.119. The van der Waals surface area contributed by atoms with Crippen molar-refractivity contribution in [3.63, 3.8) is 0 Å². The van der Waals surface area contributed by atoms with Crippen LogP contribution in [0, 0.1) is 0 Å². The summed E-state index contributed by atoms with van der Waals surface area (Å²) in [6, 6.07) is 8.08. The molecule has 2 rings (SSSR count). The van der Waals surface area contributed by atoms with Gasteiger partial charge in [-0.1, -0.05) is 12.1 Å². The van der Waals surface area contributed by atoms with E-state index in [-0.39, 0.29) is 5.97 Å². The molecule has 0 radical (unpaired) electrons. The monoisotopic (exact) mass is 232 g/mol. The highest BCUT2D eigenvalue weighted by atomic mass is 16.5. The van der Waals surface area contributed by atoms with Crippen molar-refractivity contribution >= 4 is 16.9 Å². The lowest BCUT2D eigenvalue weighted by molar-refractivity contribution is -0.143. The number of fused-ring (bicyclic) bond motifs is 1. The molecule has 0 unspecified atom stereocenters. The average molecular weight is 232 g/mol. The summed E-state index contributed by atoms with van der Waals surface area (Å²) >= 11 is 0. The molecule has 0 aliphatic carbocycles. The molecule has 1 heterocycles. The largest absolute Gasteiger partial charge is 0.466 e. The van der Waals surface area contributed by atoms with Gasteiger partial charge in [-0.05, 0) is 37.5 Å². The number of aryl methyl sites for hydroxylation is 1. The van der Waals surface area contributed by atoms with Crippen molar-refractivity contribution in [2.75, 3.05) is 6.61 Å². The molecule has 0 fully saturated rings. The molecule has 0 aliphatic heterocycles. The molecular weight excluding hydrogens is 216 g/mol. The maximum Gasteiger partial charge on any atom is 0.305 e. The van der Waals surface area contributed by atoms with Crippen molar-refractivity contribution in [2.24, 2.45) is 0 Å². The third-order valence-electron chi connectivity index (χ3n) is 2.67. The summed E-state index contributed by atoms with van der Waals surface area (Å²) in [4.78, 5) is 11.2. The quantitative estimate of drug-likeness (QED) is 0.742. The van der Waals surface area contributed by atoms with E-state index in [0.717, 1.165) is 23.8 Å². The Hall–Kier alpha value is -1.77. The minimum absolute atomic E-state index is 0.119. The molecule has 0 spiro atoms. The minimum Gasteiger partial charge on any atom is -0.466 e. The van der Waals surface area contributed by atoms with Crippen LogP contribution in [-0.2, 0) is 16.0 Å². The highest BCUT2D eigenvalue weighted by Gasteiger charge is 2.03. The molecule has 0 atom stereocenters. The Labute approximate surface area is 100 Å². The second-order valence-corrected chi connectivity index (χ2v) is 3.95. The van der Waals surface area contributed by atoms with Crippen LogP contribution in [0.1, 0.15) is 25.3 Å².